The van der Waals surface area contributed by atoms with Gasteiger partial charge in [0.2, 0.25) is 0 Å². The van der Waals surface area contributed by atoms with Crippen molar-refractivity contribution in [3.8, 4) is 11.1 Å². The summed E-state index contributed by atoms with van der Waals surface area (Å²) in [5, 5.41) is 4.18. The van der Waals surface area contributed by atoms with E-state index in [1.807, 2.05) is 6.92 Å². The number of hydrogen-bond donors (Lipinski definition) is 1. The van der Waals surface area contributed by atoms with E-state index in [0.29, 0.717) is 6.04 Å². The van der Waals surface area contributed by atoms with Crippen molar-refractivity contribution in [3.05, 3.63) is 33.8 Å². The van der Waals surface area contributed by atoms with Crippen molar-refractivity contribution in [1.82, 2.24) is 4.57 Å². The highest BCUT2D eigenvalue weighted by atomic mass is 32.1. The minimum absolute atomic E-state index is 0.300. The Bertz CT molecular complexity index is 651. The number of nitrogens with zero attached hydrogens (tertiary/aromatic N) is 1. The maximum Gasteiger partial charge on any atom is 0.251 e. The highest BCUT2D eigenvalue weighted by Crippen LogP contribution is 2.43. The van der Waals surface area contributed by atoms with Crippen LogP contribution in [0.1, 0.15) is 60.4 Å². The molecule has 1 aliphatic carbocycles. The Morgan fingerprint density at radius 3 is 2.76 bits per heavy atom. The average molecular weight is 302 g/mol. The maximum atomic E-state index is 12.0. The largest absolute Gasteiger partial charge is 0.366 e. The smallest absolute Gasteiger partial charge is 0.251 e. The zero-order valence-corrected chi connectivity index (χ0v) is 13.5. The first-order valence-corrected chi connectivity index (χ1v) is 8.65. The molecule has 112 valence electrons. The summed E-state index contributed by atoms with van der Waals surface area (Å²) in [5.74, 6) is -0.300. The van der Waals surface area contributed by atoms with Gasteiger partial charge in [-0.25, -0.2) is 0 Å². The third-order valence-electron chi connectivity index (χ3n) is 4.29. The summed E-state index contributed by atoms with van der Waals surface area (Å²) < 4.78 is 2.39. The number of aromatic nitrogens is 1. The number of primary amides is 1. The van der Waals surface area contributed by atoms with Crippen LogP contribution in [0.25, 0.3) is 11.1 Å². The van der Waals surface area contributed by atoms with E-state index >= 15 is 0 Å². The lowest BCUT2D eigenvalue weighted by Gasteiger charge is -2.11. The Morgan fingerprint density at radius 1 is 1.48 bits per heavy atom. The van der Waals surface area contributed by atoms with Crippen LogP contribution in [0.4, 0.5) is 0 Å². The molecular formula is C17H22N2OS. The molecule has 0 spiro atoms. The van der Waals surface area contributed by atoms with E-state index in [1.54, 1.807) is 11.3 Å². The van der Waals surface area contributed by atoms with Crippen LogP contribution in [0.2, 0.25) is 0 Å². The molecule has 2 N–H and O–H groups in total. The number of thiophene rings is 1. The molecule has 0 aromatic carbocycles. The topological polar surface area (TPSA) is 48.0 Å². The lowest BCUT2D eigenvalue weighted by molar-refractivity contribution is 0.1000. The zero-order chi connectivity index (χ0) is 15.0. The second-order valence-electron chi connectivity index (χ2n) is 5.86. The van der Waals surface area contributed by atoms with Crippen LogP contribution in [0.3, 0.4) is 0 Å². The highest BCUT2D eigenvalue weighted by molar-refractivity contribution is 7.08. The van der Waals surface area contributed by atoms with E-state index in [9.17, 15) is 4.79 Å². The number of amides is 1. The fourth-order valence-electron chi connectivity index (χ4n) is 3.20. The molecule has 1 fully saturated rings. The first kappa shape index (κ1) is 14.4. The van der Waals surface area contributed by atoms with Crippen molar-refractivity contribution in [2.45, 2.75) is 52.0 Å². The molecule has 2 aromatic heterocycles. The molecule has 1 saturated carbocycles. The minimum atomic E-state index is -0.300. The molecule has 0 aliphatic heterocycles. The first-order chi connectivity index (χ1) is 10.1. The molecular weight excluding hydrogens is 280 g/mol. The third-order valence-corrected chi connectivity index (χ3v) is 4.97. The van der Waals surface area contributed by atoms with Gasteiger partial charge >= 0.3 is 0 Å². The van der Waals surface area contributed by atoms with Gasteiger partial charge in [0.1, 0.15) is 0 Å². The quantitative estimate of drug-likeness (QED) is 0.849. The summed E-state index contributed by atoms with van der Waals surface area (Å²) in [6.45, 7) is 4.25. The number of carbonyl (C=O) groups is 1. The molecule has 0 unspecified atom stereocenters. The Labute approximate surface area is 129 Å². The summed E-state index contributed by atoms with van der Waals surface area (Å²) in [6, 6.07) is 2.67. The number of carbonyl (C=O) groups excluding carboxylic acids is 1. The summed E-state index contributed by atoms with van der Waals surface area (Å²) in [4.78, 5) is 12.0. The van der Waals surface area contributed by atoms with Crippen LogP contribution in [0.5, 0.6) is 0 Å². The number of nitrogens with two attached hydrogens (primary N) is 1. The maximum absolute atomic E-state index is 12.0. The molecule has 2 aromatic rings. The van der Waals surface area contributed by atoms with E-state index in [4.69, 9.17) is 5.73 Å². The lowest BCUT2D eigenvalue weighted by atomic mass is 10.00. The minimum Gasteiger partial charge on any atom is -0.366 e. The Kier molecular flexibility index (Phi) is 3.89. The summed E-state index contributed by atoms with van der Waals surface area (Å²) in [5.41, 5.74) is 11.0. The second-order valence-corrected chi connectivity index (χ2v) is 6.64. The second kappa shape index (κ2) is 5.68. The van der Waals surface area contributed by atoms with E-state index in [1.165, 1.54) is 18.5 Å². The van der Waals surface area contributed by atoms with Crippen LogP contribution in [0.15, 0.2) is 16.8 Å². The molecule has 2 heterocycles. The van der Waals surface area contributed by atoms with Gasteiger partial charge in [-0.1, -0.05) is 13.3 Å². The van der Waals surface area contributed by atoms with Crippen LogP contribution in [-0.2, 0) is 6.42 Å². The van der Waals surface area contributed by atoms with Gasteiger partial charge in [-0.15, -0.1) is 0 Å². The summed E-state index contributed by atoms with van der Waals surface area (Å²) in [6.07, 6.45) is 5.76. The van der Waals surface area contributed by atoms with Crippen molar-refractivity contribution in [2.24, 2.45) is 5.73 Å². The van der Waals surface area contributed by atoms with Crippen molar-refractivity contribution in [3.63, 3.8) is 0 Å². The molecule has 0 radical (unpaired) electrons. The lowest BCUT2D eigenvalue weighted by Crippen LogP contribution is -2.13. The Balaban J connectivity index is 2.22. The van der Waals surface area contributed by atoms with Crippen LogP contribution in [-0.4, -0.2) is 10.5 Å². The normalized spacial score (nSPS) is 14.6. The number of rotatable bonds is 6. The van der Waals surface area contributed by atoms with Gasteiger partial charge in [0.15, 0.2) is 0 Å². The Hall–Kier alpha value is -1.55. The van der Waals surface area contributed by atoms with Crippen LogP contribution >= 0.6 is 11.3 Å². The molecule has 3 nitrogen and oxygen atoms in total. The van der Waals surface area contributed by atoms with Crippen LogP contribution < -0.4 is 5.73 Å². The fourth-order valence-corrected chi connectivity index (χ4v) is 3.85. The average Bonchev–Trinajstić information content (AvgIpc) is 3.04. The molecule has 1 amide bonds. The van der Waals surface area contributed by atoms with Gasteiger partial charge in [-0.3, -0.25) is 4.79 Å². The number of unbranched alkanes of at least 4 members (excludes halogenated alkanes) is 1. The van der Waals surface area contributed by atoms with Crippen molar-refractivity contribution in [1.29, 1.82) is 0 Å². The zero-order valence-electron chi connectivity index (χ0n) is 12.7. The van der Waals surface area contributed by atoms with Gasteiger partial charge in [0, 0.05) is 23.0 Å². The third kappa shape index (κ3) is 2.53. The molecule has 1 aliphatic rings. The molecule has 21 heavy (non-hydrogen) atoms. The molecule has 4 heteroatoms. The van der Waals surface area contributed by atoms with Crippen molar-refractivity contribution >= 4 is 17.2 Å². The highest BCUT2D eigenvalue weighted by Gasteiger charge is 2.32. The predicted molar refractivity (Wildman–Crippen MR) is 87.9 cm³/mol. The van der Waals surface area contributed by atoms with Gasteiger partial charge < -0.3 is 10.3 Å². The van der Waals surface area contributed by atoms with Crippen LogP contribution in [0, 0.1) is 6.92 Å². The van der Waals surface area contributed by atoms with E-state index in [-0.39, 0.29) is 5.91 Å². The summed E-state index contributed by atoms with van der Waals surface area (Å²) in [7, 11) is 0. The molecule has 0 saturated heterocycles. The standard InChI is InChI=1S/C17H22N2OS/c1-3-4-5-14-16(12-8-9-21-10-12)15(17(18)20)11(2)19(14)13-6-7-13/h8-10,13H,3-7H2,1-2H3,(H2,18,20). The number of hydrogen-bond acceptors (Lipinski definition) is 2. The predicted octanol–water partition coefficient (Wildman–Crippen LogP) is 4.30. The SMILES string of the molecule is CCCCc1c(-c2ccsc2)c(C(N)=O)c(C)n1C1CC1. The van der Waals surface area contributed by atoms with Crippen molar-refractivity contribution in [2.75, 3.05) is 0 Å². The molecule has 3 rings (SSSR count). The van der Waals surface area contributed by atoms with Gasteiger partial charge in [-0.2, -0.15) is 11.3 Å². The van der Waals surface area contributed by atoms with Crippen molar-refractivity contribution < 1.29 is 4.79 Å². The molecule has 0 atom stereocenters. The Morgan fingerprint density at radius 2 is 2.24 bits per heavy atom. The van der Waals surface area contributed by atoms with E-state index in [0.717, 1.165) is 41.6 Å². The first-order valence-electron chi connectivity index (χ1n) is 7.71. The monoisotopic (exact) mass is 302 g/mol. The van der Waals surface area contributed by atoms with Gasteiger partial charge in [0.25, 0.3) is 5.91 Å². The van der Waals surface area contributed by atoms with Gasteiger partial charge in [0.05, 0.1) is 5.56 Å². The van der Waals surface area contributed by atoms with E-state index in [2.05, 4.69) is 28.3 Å². The van der Waals surface area contributed by atoms with Gasteiger partial charge in [-0.05, 0) is 55.0 Å². The van der Waals surface area contributed by atoms with E-state index < -0.39 is 0 Å². The summed E-state index contributed by atoms with van der Waals surface area (Å²) >= 11 is 1.67. The fraction of sp³-hybridized carbons (Fsp3) is 0.471. The molecule has 0 bridgehead atoms.